The van der Waals surface area contributed by atoms with Gasteiger partial charge in [0.2, 0.25) is 11.8 Å². The number of non-ortho nitro benzene ring substituents is 1. The molecule has 0 aliphatic rings. The van der Waals surface area contributed by atoms with E-state index in [1.54, 1.807) is 30.3 Å². The highest BCUT2D eigenvalue weighted by Gasteiger charge is 2.34. The van der Waals surface area contributed by atoms with Gasteiger partial charge in [-0.25, -0.2) is 12.8 Å². The summed E-state index contributed by atoms with van der Waals surface area (Å²) < 4.78 is 42.3. The van der Waals surface area contributed by atoms with Gasteiger partial charge in [-0.05, 0) is 47.5 Å². The third-order valence-electron chi connectivity index (χ3n) is 6.74. The zero-order valence-corrected chi connectivity index (χ0v) is 24.0. The average Bonchev–Trinajstić information content (AvgIpc) is 3.02. The summed E-state index contributed by atoms with van der Waals surface area (Å²) in [5.74, 6) is -1.68. The van der Waals surface area contributed by atoms with E-state index in [0.717, 1.165) is 22.0 Å². The monoisotopic (exact) mass is 604 g/mol. The van der Waals surface area contributed by atoms with Crippen molar-refractivity contribution in [3.63, 3.8) is 0 Å². The van der Waals surface area contributed by atoms with E-state index < -0.39 is 45.2 Å². The molecule has 1 N–H and O–H groups in total. The fourth-order valence-electron chi connectivity index (χ4n) is 4.50. The van der Waals surface area contributed by atoms with Gasteiger partial charge in [0.05, 0.1) is 15.5 Å². The normalized spacial score (nSPS) is 11.8. The molecule has 0 aliphatic carbocycles. The van der Waals surface area contributed by atoms with Gasteiger partial charge in [-0.3, -0.25) is 24.0 Å². The van der Waals surface area contributed by atoms with Crippen LogP contribution in [0, 0.1) is 15.9 Å². The van der Waals surface area contributed by atoms with Crippen LogP contribution in [-0.2, 0) is 32.6 Å². The maximum atomic E-state index is 14.2. The van der Waals surface area contributed by atoms with E-state index in [1.165, 1.54) is 72.6 Å². The summed E-state index contributed by atoms with van der Waals surface area (Å²) in [6.45, 7) is -0.845. The van der Waals surface area contributed by atoms with Crippen LogP contribution in [0.25, 0.3) is 0 Å². The molecule has 0 spiro atoms. The number of hydrogen-bond donors (Lipinski definition) is 1. The van der Waals surface area contributed by atoms with Crippen LogP contribution in [0.1, 0.15) is 11.1 Å². The molecule has 0 radical (unpaired) electrons. The second-order valence-corrected chi connectivity index (χ2v) is 11.4. The van der Waals surface area contributed by atoms with Crippen molar-refractivity contribution in [3.8, 4) is 0 Å². The molecule has 222 valence electrons. The Kier molecular flexibility index (Phi) is 9.83. The summed E-state index contributed by atoms with van der Waals surface area (Å²) in [6.07, 6.45) is 0.121. The lowest BCUT2D eigenvalue weighted by molar-refractivity contribution is -0.384. The molecule has 0 aromatic heterocycles. The summed E-state index contributed by atoms with van der Waals surface area (Å²) in [5, 5.41) is 13.8. The minimum Gasteiger partial charge on any atom is -0.357 e. The number of sulfonamides is 1. The van der Waals surface area contributed by atoms with E-state index in [4.69, 9.17) is 0 Å². The number of rotatable bonds is 12. The number of nitrogens with zero attached hydrogens (tertiary/aromatic N) is 3. The summed E-state index contributed by atoms with van der Waals surface area (Å²) >= 11 is 0. The molecule has 10 nitrogen and oxygen atoms in total. The number of carbonyl (C=O) groups is 2. The highest BCUT2D eigenvalue weighted by molar-refractivity contribution is 7.92. The van der Waals surface area contributed by atoms with E-state index in [-0.39, 0.29) is 29.2 Å². The number of nitro benzene ring substituents is 1. The molecule has 0 bridgehead atoms. The van der Waals surface area contributed by atoms with Crippen LogP contribution in [0.15, 0.2) is 114 Å². The molecule has 43 heavy (non-hydrogen) atoms. The summed E-state index contributed by atoms with van der Waals surface area (Å²) in [4.78, 5) is 39.2. The number of nitro groups is 1. The van der Waals surface area contributed by atoms with Gasteiger partial charge in [-0.15, -0.1) is 0 Å². The summed E-state index contributed by atoms with van der Waals surface area (Å²) in [6, 6.07) is 25.6. The van der Waals surface area contributed by atoms with E-state index in [0.29, 0.717) is 5.56 Å². The fourth-order valence-corrected chi connectivity index (χ4v) is 5.93. The third-order valence-corrected chi connectivity index (χ3v) is 8.53. The molecule has 0 saturated heterocycles. The van der Waals surface area contributed by atoms with Gasteiger partial charge in [0.25, 0.3) is 15.7 Å². The van der Waals surface area contributed by atoms with Crippen molar-refractivity contribution >= 4 is 33.2 Å². The Morgan fingerprint density at radius 1 is 0.860 bits per heavy atom. The number of carbonyl (C=O) groups excluding carboxylic acids is 2. The molecule has 0 fully saturated rings. The molecule has 0 saturated carbocycles. The zero-order valence-electron chi connectivity index (χ0n) is 23.2. The number of anilines is 1. The Morgan fingerprint density at radius 3 is 2.00 bits per heavy atom. The predicted molar refractivity (Wildman–Crippen MR) is 159 cm³/mol. The van der Waals surface area contributed by atoms with Crippen molar-refractivity contribution in [1.82, 2.24) is 10.2 Å². The largest absolute Gasteiger partial charge is 0.357 e. The van der Waals surface area contributed by atoms with Crippen LogP contribution in [0.5, 0.6) is 0 Å². The molecule has 4 aromatic rings. The van der Waals surface area contributed by atoms with Crippen molar-refractivity contribution in [3.05, 3.63) is 136 Å². The SMILES string of the molecule is CNC(=O)[C@@H](Cc1ccccc1)N(Cc1ccc(F)cc1)C(=O)CN(c1ccc([N+](=O)[O-])cc1)S(=O)(=O)c1ccccc1. The minimum absolute atomic E-state index is 0.0177. The Bertz CT molecular complexity index is 1670. The van der Waals surface area contributed by atoms with Gasteiger partial charge in [-0.2, -0.15) is 0 Å². The molecule has 4 rings (SSSR count). The predicted octanol–water partition coefficient (Wildman–Crippen LogP) is 4.32. The lowest BCUT2D eigenvalue weighted by Gasteiger charge is -2.33. The number of likely N-dealkylation sites (N-methyl/N-ethyl adjacent to an activating group) is 1. The van der Waals surface area contributed by atoms with Crippen molar-refractivity contribution in [2.75, 3.05) is 17.9 Å². The van der Waals surface area contributed by atoms with Crippen LogP contribution in [0.3, 0.4) is 0 Å². The van der Waals surface area contributed by atoms with Crippen LogP contribution in [0.2, 0.25) is 0 Å². The second kappa shape index (κ2) is 13.7. The minimum atomic E-state index is -4.34. The van der Waals surface area contributed by atoms with E-state index in [9.17, 15) is 32.5 Å². The van der Waals surface area contributed by atoms with Gasteiger partial charge in [0, 0.05) is 32.1 Å². The summed E-state index contributed by atoms with van der Waals surface area (Å²) in [5.41, 5.74) is 1.04. The van der Waals surface area contributed by atoms with Gasteiger partial charge in [0.1, 0.15) is 18.4 Å². The molecule has 0 heterocycles. The lowest BCUT2D eigenvalue weighted by Crippen LogP contribution is -2.53. The quantitative estimate of drug-likeness (QED) is 0.189. The van der Waals surface area contributed by atoms with E-state index in [2.05, 4.69) is 5.32 Å². The van der Waals surface area contributed by atoms with Crippen LogP contribution in [0.4, 0.5) is 15.8 Å². The highest BCUT2D eigenvalue weighted by atomic mass is 32.2. The van der Waals surface area contributed by atoms with Crippen molar-refractivity contribution in [1.29, 1.82) is 0 Å². The number of amides is 2. The molecule has 0 aliphatic heterocycles. The van der Waals surface area contributed by atoms with Gasteiger partial charge >= 0.3 is 0 Å². The number of halogens is 1. The first-order valence-electron chi connectivity index (χ1n) is 13.2. The van der Waals surface area contributed by atoms with Crippen LogP contribution < -0.4 is 9.62 Å². The van der Waals surface area contributed by atoms with E-state index >= 15 is 0 Å². The molecule has 12 heteroatoms. The first-order valence-corrected chi connectivity index (χ1v) is 14.7. The van der Waals surface area contributed by atoms with Crippen molar-refractivity contribution in [2.24, 2.45) is 0 Å². The smallest absolute Gasteiger partial charge is 0.269 e. The Balaban J connectivity index is 1.78. The lowest BCUT2D eigenvalue weighted by atomic mass is 10.0. The molecule has 1 atom stereocenters. The highest BCUT2D eigenvalue weighted by Crippen LogP contribution is 2.27. The fraction of sp³-hybridized carbons (Fsp3) is 0.161. The standard InChI is InChI=1S/C31H29FN4O6S/c1-33-31(38)29(20-23-8-4-2-5-9-23)34(21-24-12-14-25(32)15-13-24)30(37)22-35(26-16-18-27(19-17-26)36(39)40)43(41,42)28-10-6-3-7-11-28/h2-19,29H,20-22H2,1H3,(H,33,38)/t29-/m1/s1. The van der Waals surface area contributed by atoms with Crippen molar-refractivity contribution < 1.29 is 27.3 Å². The van der Waals surface area contributed by atoms with Gasteiger partial charge in [-0.1, -0.05) is 60.7 Å². The second-order valence-electron chi connectivity index (χ2n) is 9.57. The maximum absolute atomic E-state index is 14.2. The zero-order chi connectivity index (χ0) is 31.0. The molecule has 4 aromatic carbocycles. The number of nitrogens with one attached hydrogen (secondary N) is 1. The van der Waals surface area contributed by atoms with Gasteiger partial charge in [0.15, 0.2) is 0 Å². The Morgan fingerprint density at radius 2 is 1.44 bits per heavy atom. The first-order chi connectivity index (χ1) is 20.6. The average molecular weight is 605 g/mol. The van der Waals surface area contributed by atoms with Crippen LogP contribution in [-0.4, -0.2) is 49.7 Å². The maximum Gasteiger partial charge on any atom is 0.269 e. The number of hydrogen-bond acceptors (Lipinski definition) is 6. The van der Waals surface area contributed by atoms with E-state index in [1.807, 2.05) is 6.07 Å². The Hall–Kier alpha value is -5.10. The van der Waals surface area contributed by atoms with Crippen molar-refractivity contribution in [2.45, 2.75) is 23.9 Å². The van der Waals surface area contributed by atoms with Crippen LogP contribution >= 0.6 is 0 Å². The molecular formula is C31H29FN4O6S. The molecular weight excluding hydrogens is 575 g/mol. The topological polar surface area (TPSA) is 130 Å². The first kappa shape index (κ1) is 30.8. The molecule has 0 unspecified atom stereocenters. The molecule has 2 amide bonds. The number of benzene rings is 4. The third kappa shape index (κ3) is 7.60. The Labute approximate surface area is 248 Å². The summed E-state index contributed by atoms with van der Waals surface area (Å²) in [7, 11) is -2.90. The van der Waals surface area contributed by atoms with Gasteiger partial charge < -0.3 is 10.2 Å².